The quantitative estimate of drug-likeness (QED) is 0.630. The van der Waals surface area contributed by atoms with Gasteiger partial charge in [-0.1, -0.05) is 40.9 Å². The summed E-state index contributed by atoms with van der Waals surface area (Å²) < 4.78 is 0. The molecular formula is C21H20ClN3O2S. The summed E-state index contributed by atoms with van der Waals surface area (Å²) in [6, 6.07) is 13.2. The molecule has 0 saturated carbocycles. The zero-order valence-electron chi connectivity index (χ0n) is 15.6. The van der Waals surface area contributed by atoms with E-state index in [1.165, 1.54) is 11.3 Å². The number of carbonyl (C=O) groups excluding carboxylic acids is 2. The molecule has 0 fully saturated rings. The van der Waals surface area contributed by atoms with Crippen LogP contribution in [0.1, 0.15) is 31.9 Å². The van der Waals surface area contributed by atoms with Gasteiger partial charge in [-0.2, -0.15) is 0 Å². The van der Waals surface area contributed by atoms with Crippen molar-refractivity contribution in [3.05, 3.63) is 80.8 Å². The second kappa shape index (κ2) is 8.99. The maximum absolute atomic E-state index is 12.2. The fraction of sp³-hybridized carbons (Fsp3) is 0.190. The summed E-state index contributed by atoms with van der Waals surface area (Å²) in [4.78, 5) is 29.6. The summed E-state index contributed by atoms with van der Waals surface area (Å²) in [5, 5.41) is 6.57. The highest BCUT2D eigenvalue weighted by Gasteiger charge is 2.11. The third kappa shape index (κ3) is 5.65. The maximum atomic E-state index is 12.2. The Morgan fingerprint density at radius 1 is 1.07 bits per heavy atom. The van der Waals surface area contributed by atoms with Crippen molar-refractivity contribution in [3.63, 3.8) is 0 Å². The van der Waals surface area contributed by atoms with Crippen LogP contribution in [0.4, 0.5) is 5.13 Å². The van der Waals surface area contributed by atoms with E-state index >= 15 is 0 Å². The van der Waals surface area contributed by atoms with Crippen LogP contribution in [0.5, 0.6) is 0 Å². The Morgan fingerprint density at radius 2 is 1.75 bits per heavy atom. The van der Waals surface area contributed by atoms with Gasteiger partial charge in [0, 0.05) is 28.1 Å². The number of nitrogens with zero attached hydrogens (tertiary/aromatic N) is 1. The van der Waals surface area contributed by atoms with Gasteiger partial charge in [0.05, 0.1) is 6.54 Å². The maximum Gasteiger partial charge on any atom is 0.251 e. The Morgan fingerprint density at radius 3 is 2.43 bits per heavy atom. The fourth-order valence-electron chi connectivity index (χ4n) is 2.78. The Hall–Kier alpha value is -2.70. The van der Waals surface area contributed by atoms with E-state index < -0.39 is 0 Å². The van der Waals surface area contributed by atoms with Crippen LogP contribution in [0.2, 0.25) is 5.02 Å². The number of aromatic nitrogens is 1. The van der Waals surface area contributed by atoms with Gasteiger partial charge in [0.15, 0.2) is 5.13 Å². The molecule has 0 aliphatic heterocycles. The molecule has 2 N–H and O–H groups in total. The lowest BCUT2D eigenvalue weighted by Crippen LogP contribution is -2.32. The number of benzene rings is 2. The molecule has 0 radical (unpaired) electrons. The van der Waals surface area contributed by atoms with E-state index in [4.69, 9.17) is 11.6 Å². The highest BCUT2D eigenvalue weighted by molar-refractivity contribution is 7.15. The second-order valence-electron chi connectivity index (χ2n) is 6.54. The molecule has 3 aromatic rings. The van der Waals surface area contributed by atoms with E-state index in [2.05, 4.69) is 15.6 Å². The number of amides is 2. The van der Waals surface area contributed by atoms with Crippen LogP contribution in [0.15, 0.2) is 48.7 Å². The van der Waals surface area contributed by atoms with Crippen molar-refractivity contribution < 1.29 is 9.59 Å². The summed E-state index contributed by atoms with van der Waals surface area (Å²) in [5.74, 6) is -0.588. The van der Waals surface area contributed by atoms with Crippen molar-refractivity contribution in [2.75, 3.05) is 11.9 Å². The van der Waals surface area contributed by atoms with Gasteiger partial charge >= 0.3 is 0 Å². The predicted octanol–water partition coefficient (Wildman–Crippen LogP) is 4.37. The van der Waals surface area contributed by atoms with Gasteiger partial charge in [0.25, 0.3) is 5.91 Å². The summed E-state index contributed by atoms with van der Waals surface area (Å²) in [5.41, 5.74) is 3.67. The molecular weight excluding hydrogens is 394 g/mol. The minimum absolute atomic E-state index is 0.113. The van der Waals surface area contributed by atoms with Crippen LogP contribution in [-0.4, -0.2) is 23.3 Å². The molecule has 1 aromatic heterocycles. The molecule has 7 heteroatoms. The topological polar surface area (TPSA) is 71.1 Å². The average Bonchev–Trinajstić information content (AvgIpc) is 3.07. The first-order valence-electron chi connectivity index (χ1n) is 8.74. The number of thiazole rings is 1. The van der Waals surface area contributed by atoms with E-state index in [1.807, 2.05) is 44.2 Å². The first kappa shape index (κ1) is 20.0. The van der Waals surface area contributed by atoms with Gasteiger partial charge in [0.2, 0.25) is 5.91 Å². The van der Waals surface area contributed by atoms with Crippen LogP contribution >= 0.6 is 22.9 Å². The molecule has 3 rings (SSSR count). The van der Waals surface area contributed by atoms with E-state index in [9.17, 15) is 9.59 Å². The minimum Gasteiger partial charge on any atom is -0.343 e. The first-order valence-corrected chi connectivity index (χ1v) is 9.94. The smallest absolute Gasteiger partial charge is 0.251 e. The highest BCUT2D eigenvalue weighted by atomic mass is 35.5. The van der Waals surface area contributed by atoms with E-state index in [-0.39, 0.29) is 18.4 Å². The van der Waals surface area contributed by atoms with E-state index in [0.29, 0.717) is 22.1 Å². The second-order valence-corrected chi connectivity index (χ2v) is 8.09. The van der Waals surface area contributed by atoms with Crippen molar-refractivity contribution >= 4 is 39.9 Å². The lowest BCUT2D eigenvalue weighted by molar-refractivity contribution is -0.115. The molecule has 2 aromatic carbocycles. The molecule has 2 amide bonds. The molecule has 0 unspecified atom stereocenters. The zero-order valence-corrected chi connectivity index (χ0v) is 17.2. The molecule has 0 spiro atoms. The number of hydrogen-bond acceptors (Lipinski definition) is 4. The lowest BCUT2D eigenvalue weighted by Gasteiger charge is -2.07. The highest BCUT2D eigenvalue weighted by Crippen LogP contribution is 2.22. The van der Waals surface area contributed by atoms with Crippen molar-refractivity contribution in [2.24, 2.45) is 0 Å². The van der Waals surface area contributed by atoms with Gasteiger partial charge in [-0.05, 0) is 43.7 Å². The molecule has 144 valence electrons. The Labute approximate surface area is 172 Å². The Balaban J connectivity index is 1.51. The molecule has 0 saturated heterocycles. The van der Waals surface area contributed by atoms with Crippen LogP contribution < -0.4 is 10.6 Å². The Bertz CT molecular complexity index is 979. The number of rotatable bonds is 6. The van der Waals surface area contributed by atoms with E-state index in [1.54, 1.807) is 18.3 Å². The molecule has 0 atom stereocenters. The average molecular weight is 414 g/mol. The summed E-state index contributed by atoms with van der Waals surface area (Å²) >= 11 is 7.30. The van der Waals surface area contributed by atoms with E-state index in [0.717, 1.165) is 21.6 Å². The third-order valence-corrected chi connectivity index (χ3v) is 5.15. The molecule has 5 nitrogen and oxygen atoms in total. The van der Waals surface area contributed by atoms with Crippen molar-refractivity contribution in [1.82, 2.24) is 10.3 Å². The molecule has 0 aliphatic rings. The summed E-state index contributed by atoms with van der Waals surface area (Å²) in [6.45, 7) is 3.75. The summed E-state index contributed by atoms with van der Waals surface area (Å²) in [7, 11) is 0. The van der Waals surface area contributed by atoms with Crippen LogP contribution in [0, 0.1) is 13.8 Å². The first-order chi connectivity index (χ1) is 13.4. The number of aryl methyl sites for hydroxylation is 2. The van der Waals surface area contributed by atoms with Gasteiger partial charge in [-0.15, -0.1) is 11.3 Å². The Kier molecular flexibility index (Phi) is 6.44. The lowest BCUT2D eigenvalue weighted by atomic mass is 10.1. The SMILES string of the molecule is Cc1cc(C)cc(C(=O)NCC(=O)Nc2ncc(Cc3ccc(Cl)cc3)s2)c1. The molecule has 28 heavy (non-hydrogen) atoms. The standard InChI is InChI=1S/C21H20ClN3O2S/c1-13-7-14(2)9-16(8-13)20(27)23-12-19(26)25-21-24-11-18(28-21)10-15-3-5-17(22)6-4-15/h3-9,11H,10,12H2,1-2H3,(H,23,27)(H,24,25,26). The van der Waals surface area contributed by atoms with Crippen LogP contribution in [-0.2, 0) is 11.2 Å². The number of halogens is 1. The number of hydrogen-bond donors (Lipinski definition) is 2. The van der Waals surface area contributed by atoms with Crippen molar-refractivity contribution in [1.29, 1.82) is 0 Å². The third-order valence-electron chi connectivity index (χ3n) is 3.98. The van der Waals surface area contributed by atoms with Crippen LogP contribution in [0.25, 0.3) is 0 Å². The molecule has 0 aliphatic carbocycles. The molecule has 1 heterocycles. The number of anilines is 1. The van der Waals surface area contributed by atoms with Gasteiger partial charge in [-0.25, -0.2) is 4.98 Å². The minimum atomic E-state index is -0.315. The zero-order chi connectivity index (χ0) is 20.1. The monoisotopic (exact) mass is 413 g/mol. The van der Waals surface area contributed by atoms with Gasteiger partial charge < -0.3 is 10.6 Å². The number of nitrogens with one attached hydrogen (secondary N) is 2. The van der Waals surface area contributed by atoms with Crippen molar-refractivity contribution in [3.8, 4) is 0 Å². The fourth-order valence-corrected chi connectivity index (χ4v) is 3.77. The van der Waals surface area contributed by atoms with Gasteiger partial charge in [-0.3, -0.25) is 9.59 Å². The predicted molar refractivity (Wildman–Crippen MR) is 113 cm³/mol. The largest absolute Gasteiger partial charge is 0.343 e. The summed E-state index contributed by atoms with van der Waals surface area (Å²) in [6.07, 6.45) is 2.46. The number of carbonyl (C=O) groups is 2. The van der Waals surface area contributed by atoms with Crippen LogP contribution in [0.3, 0.4) is 0 Å². The molecule has 0 bridgehead atoms. The van der Waals surface area contributed by atoms with Crippen molar-refractivity contribution in [2.45, 2.75) is 20.3 Å². The normalized spacial score (nSPS) is 10.5. The van der Waals surface area contributed by atoms with Gasteiger partial charge in [0.1, 0.15) is 0 Å².